The van der Waals surface area contributed by atoms with Gasteiger partial charge in [-0.15, -0.1) is 0 Å². The summed E-state index contributed by atoms with van der Waals surface area (Å²) in [5, 5.41) is 9.46. The van der Waals surface area contributed by atoms with Gasteiger partial charge in [0.15, 0.2) is 11.9 Å². The van der Waals surface area contributed by atoms with Gasteiger partial charge in [0.1, 0.15) is 5.75 Å². The first-order valence-corrected chi connectivity index (χ1v) is 5.42. The summed E-state index contributed by atoms with van der Waals surface area (Å²) in [5.74, 6) is -0.0532. The highest BCUT2D eigenvalue weighted by Gasteiger charge is 2.36. The molecule has 0 aliphatic rings. The zero-order valence-electron chi connectivity index (χ0n) is 8.28. The number of halogens is 3. The highest BCUT2D eigenvalue weighted by Crippen LogP contribution is 2.32. The van der Waals surface area contributed by atoms with E-state index >= 15 is 0 Å². The second-order valence-electron chi connectivity index (χ2n) is 3.04. The third-order valence-electron chi connectivity index (χ3n) is 1.93. The molecule has 0 saturated carbocycles. The molecule has 0 amide bonds. The number of ketones is 1. The van der Waals surface area contributed by atoms with Gasteiger partial charge in [0.05, 0.1) is 7.11 Å². The largest absolute Gasteiger partial charge is 0.497 e. The first-order valence-electron chi connectivity index (χ1n) is 4.29. The first kappa shape index (κ1) is 13.6. The molecule has 0 saturated heterocycles. The van der Waals surface area contributed by atoms with Crippen molar-refractivity contribution in [3.8, 4) is 5.75 Å². The summed E-state index contributed by atoms with van der Waals surface area (Å²) in [6.45, 7) is 0. The fourth-order valence-electron chi connectivity index (χ4n) is 1.06. The van der Waals surface area contributed by atoms with Crippen molar-refractivity contribution in [2.75, 3.05) is 7.11 Å². The summed E-state index contributed by atoms with van der Waals surface area (Å²) in [6, 6.07) is 6.14. The molecule has 0 spiro atoms. The molecule has 3 nitrogen and oxygen atoms in total. The number of ether oxygens (including phenoxy) is 1. The summed E-state index contributed by atoms with van der Waals surface area (Å²) in [4.78, 5) is 11.6. The summed E-state index contributed by atoms with van der Waals surface area (Å²) < 4.78 is 2.89. The highest BCUT2D eigenvalue weighted by molar-refractivity contribution is 6.69. The number of carbonyl (C=O) groups excluding carboxylic acids is 1. The SMILES string of the molecule is COc1ccc(C(=O)C(O)C(Cl)(Cl)Cl)cc1. The fourth-order valence-corrected chi connectivity index (χ4v) is 1.36. The van der Waals surface area contributed by atoms with Crippen molar-refractivity contribution in [2.24, 2.45) is 0 Å². The number of carbonyl (C=O) groups is 1. The molecule has 0 fully saturated rings. The Kier molecular flexibility index (Phi) is 4.44. The third kappa shape index (κ3) is 3.25. The number of aliphatic hydroxyl groups excluding tert-OH is 1. The Balaban J connectivity index is 2.88. The van der Waals surface area contributed by atoms with Gasteiger partial charge in [-0.2, -0.15) is 0 Å². The lowest BCUT2D eigenvalue weighted by Gasteiger charge is -2.17. The van der Waals surface area contributed by atoms with Gasteiger partial charge >= 0.3 is 0 Å². The topological polar surface area (TPSA) is 46.5 Å². The Bertz CT molecular complexity index is 370. The Morgan fingerprint density at radius 1 is 1.31 bits per heavy atom. The Hall–Kier alpha value is -0.480. The maximum Gasteiger partial charge on any atom is 0.223 e. The van der Waals surface area contributed by atoms with Gasteiger partial charge in [-0.3, -0.25) is 4.79 Å². The monoisotopic (exact) mass is 282 g/mol. The van der Waals surface area contributed by atoms with Crippen LogP contribution in [0.15, 0.2) is 24.3 Å². The molecular weight excluding hydrogens is 274 g/mol. The lowest BCUT2D eigenvalue weighted by molar-refractivity contribution is 0.0754. The van der Waals surface area contributed by atoms with E-state index in [-0.39, 0.29) is 5.56 Å². The molecule has 16 heavy (non-hydrogen) atoms. The van der Waals surface area contributed by atoms with E-state index in [0.29, 0.717) is 5.75 Å². The van der Waals surface area contributed by atoms with E-state index in [1.54, 1.807) is 12.1 Å². The van der Waals surface area contributed by atoms with Crippen LogP contribution in [0.1, 0.15) is 10.4 Å². The average molecular weight is 284 g/mol. The molecule has 1 unspecified atom stereocenters. The smallest absolute Gasteiger partial charge is 0.223 e. The number of aliphatic hydroxyl groups is 1. The van der Waals surface area contributed by atoms with E-state index in [1.165, 1.54) is 19.2 Å². The van der Waals surface area contributed by atoms with Crippen molar-refractivity contribution >= 4 is 40.6 Å². The van der Waals surface area contributed by atoms with Gasteiger partial charge < -0.3 is 9.84 Å². The van der Waals surface area contributed by atoms with Gasteiger partial charge in [-0.25, -0.2) is 0 Å². The Morgan fingerprint density at radius 2 is 1.81 bits per heavy atom. The number of methoxy groups -OCH3 is 1. The maximum atomic E-state index is 11.6. The van der Waals surface area contributed by atoms with Gasteiger partial charge in [0.25, 0.3) is 0 Å². The van der Waals surface area contributed by atoms with Gasteiger partial charge in [0.2, 0.25) is 3.79 Å². The van der Waals surface area contributed by atoms with Crippen LogP contribution in [-0.4, -0.2) is 27.9 Å². The van der Waals surface area contributed by atoms with Gasteiger partial charge in [-0.05, 0) is 24.3 Å². The number of benzene rings is 1. The minimum Gasteiger partial charge on any atom is -0.497 e. The fraction of sp³-hybridized carbons (Fsp3) is 0.300. The zero-order chi connectivity index (χ0) is 12.3. The summed E-state index contributed by atoms with van der Waals surface area (Å²) in [5.41, 5.74) is 0.250. The molecule has 1 rings (SSSR count). The number of hydrogen-bond acceptors (Lipinski definition) is 3. The standard InChI is InChI=1S/C10H9Cl3O3/c1-16-7-4-2-6(3-5-7)8(14)9(15)10(11,12)13/h2-5,9,15H,1H3. The van der Waals surface area contributed by atoms with Crippen LogP contribution in [-0.2, 0) is 0 Å². The van der Waals surface area contributed by atoms with Crippen LogP contribution < -0.4 is 4.74 Å². The molecule has 0 aliphatic carbocycles. The molecule has 0 aliphatic heterocycles. The third-order valence-corrected chi connectivity index (χ3v) is 2.55. The minimum absolute atomic E-state index is 0.250. The Labute approximate surface area is 108 Å². The average Bonchev–Trinajstić information content (AvgIpc) is 2.26. The lowest BCUT2D eigenvalue weighted by Crippen LogP contribution is -2.33. The van der Waals surface area contributed by atoms with E-state index < -0.39 is 15.7 Å². The number of rotatable bonds is 3. The van der Waals surface area contributed by atoms with Crippen LogP contribution in [0.2, 0.25) is 0 Å². The molecule has 0 bridgehead atoms. The van der Waals surface area contributed by atoms with Crippen LogP contribution in [0.5, 0.6) is 5.75 Å². The van der Waals surface area contributed by atoms with Crippen molar-refractivity contribution in [3.05, 3.63) is 29.8 Å². The van der Waals surface area contributed by atoms with Crippen molar-refractivity contribution < 1.29 is 14.6 Å². The van der Waals surface area contributed by atoms with Crippen LogP contribution in [0.3, 0.4) is 0 Å². The van der Waals surface area contributed by atoms with E-state index in [0.717, 1.165) is 0 Å². The molecule has 1 atom stereocenters. The van der Waals surface area contributed by atoms with Crippen LogP contribution in [0.25, 0.3) is 0 Å². The molecule has 1 aromatic carbocycles. The molecule has 1 N–H and O–H groups in total. The number of Topliss-reactive ketones (excluding diaryl/α,β-unsaturated/α-hetero) is 1. The van der Waals surface area contributed by atoms with Crippen LogP contribution in [0, 0.1) is 0 Å². The lowest BCUT2D eigenvalue weighted by atomic mass is 10.1. The first-order chi connectivity index (χ1) is 7.36. The van der Waals surface area contributed by atoms with Crippen molar-refractivity contribution in [2.45, 2.75) is 9.90 Å². The highest BCUT2D eigenvalue weighted by atomic mass is 35.6. The number of hydrogen-bond donors (Lipinski definition) is 1. The second-order valence-corrected chi connectivity index (χ2v) is 5.41. The van der Waals surface area contributed by atoms with Gasteiger partial charge in [0, 0.05) is 5.56 Å². The van der Waals surface area contributed by atoms with E-state index in [4.69, 9.17) is 39.5 Å². The maximum absolute atomic E-state index is 11.6. The molecule has 6 heteroatoms. The van der Waals surface area contributed by atoms with Gasteiger partial charge in [-0.1, -0.05) is 34.8 Å². The predicted molar refractivity (Wildman–Crippen MR) is 63.6 cm³/mol. The molecule has 0 radical (unpaired) electrons. The van der Waals surface area contributed by atoms with Crippen molar-refractivity contribution in [1.82, 2.24) is 0 Å². The summed E-state index contributed by atoms with van der Waals surface area (Å²) in [6.07, 6.45) is -1.69. The molecule has 88 valence electrons. The quantitative estimate of drug-likeness (QED) is 0.685. The zero-order valence-corrected chi connectivity index (χ0v) is 10.6. The van der Waals surface area contributed by atoms with Crippen molar-refractivity contribution in [3.63, 3.8) is 0 Å². The summed E-state index contributed by atoms with van der Waals surface area (Å²) in [7, 11) is 1.51. The number of alkyl halides is 3. The summed E-state index contributed by atoms with van der Waals surface area (Å²) >= 11 is 16.3. The van der Waals surface area contributed by atoms with E-state index in [2.05, 4.69) is 0 Å². The van der Waals surface area contributed by atoms with E-state index in [9.17, 15) is 9.90 Å². The molecule has 0 heterocycles. The van der Waals surface area contributed by atoms with Crippen molar-refractivity contribution in [1.29, 1.82) is 0 Å². The van der Waals surface area contributed by atoms with Crippen LogP contribution in [0.4, 0.5) is 0 Å². The normalized spacial score (nSPS) is 13.3. The second kappa shape index (κ2) is 5.23. The van der Waals surface area contributed by atoms with E-state index in [1.807, 2.05) is 0 Å². The molecular formula is C10H9Cl3O3. The predicted octanol–water partition coefficient (Wildman–Crippen LogP) is 2.61. The molecule has 0 aromatic heterocycles. The van der Waals surface area contributed by atoms with Crippen LogP contribution >= 0.6 is 34.8 Å². The Morgan fingerprint density at radius 3 is 2.19 bits per heavy atom. The molecule has 1 aromatic rings. The minimum atomic E-state index is -2.03.